The lowest BCUT2D eigenvalue weighted by Gasteiger charge is -2.28. The number of benzene rings is 1. The van der Waals surface area contributed by atoms with Crippen molar-refractivity contribution < 1.29 is 22.7 Å². The highest BCUT2D eigenvalue weighted by atomic mass is 19.1. The van der Waals surface area contributed by atoms with Gasteiger partial charge in [-0.3, -0.25) is 4.79 Å². The van der Waals surface area contributed by atoms with Crippen LogP contribution in [-0.2, 0) is 0 Å². The highest BCUT2D eigenvalue weighted by molar-refractivity contribution is 6.09. The molecule has 1 atom stereocenters. The first-order valence-corrected chi connectivity index (χ1v) is 10.0. The van der Waals surface area contributed by atoms with E-state index in [9.17, 15) is 18.0 Å². The number of pyridine rings is 2. The van der Waals surface area contributed by atoms with Crippen LogP contribution in [0.2, 0.25) is 0 Å². The standard InChI is InChI=1S/C23H21F3N4O2/c1-29(23(31)14-3-6-20(32-2)28-12-14)21-17(18-11-15(24)4-5-19(18)26)7-9-27-22(21)30-10-8-16(25)13-30/h3-7,9,11-12,16H,8,10,13H2,1-2H3/t16-/m0/s1. The maximum absolute atomic E-state index is 14.7. The monoisotopic (exact) mass is 442 g/mol. The molecule has 166 valence electrons. The molecule has 0 N–H and O–H groups in total. The topological polar surface area (TPSA) is 58.6 Å². The Balaban J connectivity index is 1.85. The summed E-state index contributed by atoms with van der Waals surface area (Å²) in [5, 5.41) is 0. The molecule has 3 aromatic rings. The Morgan fingerprint density at radius 3 is 2.62 bits per heavy atom. The number of halogens is 3. The molecule has 3 heterocycles. The molecule has 32 heavy (non-hydrogen) atoms. The fourth-order valence-electron chi connectivity index (χ4n) is 3.76. The van der Waals surface area contributed by atoms with Gasteiger partial charge in [-0.2, -0.15) is 0 Å². The maximum Gasteiger partial charge on any atom is 0.259 e. The first-order chi connectivity index (χ1) is 15.4. The van der Waals surface area contributed by atoms with E-state index in [1.807, 2.05) is 0 Å². The van der Waals surface area contributed by atoms with Gasteiger partial charge < -0.3 is 14.5 Å². The normalized spacial score (nSPS) is 15.7. The van der Waals surface area contributed by atoms with Crippen molar-refractivity contribution in [2.24, 2.45) is 0 Å². The number of hydrogen-bond donors (Lipinski definition) is 0. The highest BCUT2D eigenvalue weighted by Gasteiger charge is 2.30. The van der Waals surface area contributed by atoms with Crippen molar-refractivity contribution in [1.82, 2.24) is 9.97 Å². The smallest absolute Gasteiger partial charge is 0.259 e. The van der Waals surface area contributed by atoms with Crippen molar-refractivity contribution in [3.63, 3.8) is 0 Å². The molecular formula is C23H21F3N4O2. The van der Waals surface area contributed by atoms with Crippen LogP contribution < -0.4 is 14.5 Å². The molecule has 1 saturated heterocycles. The van der Waals surface area contributed by atoms with Crippen LogP contribution in [0.3, 0.4) is 0 Å². The van der Waals surface area contributed by atoms with Crippen molar-refractivity contribution in [2.75, 3.05) is 37.0 Å². The van der Waals surface area contributed by atoms with Gasteiger partial charge in [-0.05, 0) is 36.8 Å². The lowest BCUT2D eigenvalue weighted by molar-refractivity contribution is 0.0992. The molecule has 1 aliphatic heterocycles. The Bertz CT molecular complexity index is 1140. The van der Waals surface area contributed by atoms with Gasteiger partial charge in [0.15, 0.2) is 5.82 Å². The molecule has 1 amide bonds. The number of ether oxygens (including phenoxy) is 1. The third-order valence-corrected chi connectivity index (χ3v) is 5.39. The van der Waals surface area contributed by atoms with Crippen molar-refractivity contribution in [1.29, 1.82) is 0 Å². The summed E-state index contributed by atoms with van der Waals surface area (Å²) >= 11 is 0. The van der Waals surface area contributed by atoms with Crippen LogP contribution in [0, 0.1) is 11.6 Å². The number of hydrogen-bond acceptors (Lipinski definition) is 5. The fraction of sp³-hybridized carbons (Fsp3) is 0.261. The van der Waals surface area contributed by atoms with Crippen LogP contribution in [0.25, 0.3) is 11.1 Å². The minimum Gasteiger partial charge on any atom is -0.481 e. The Morgan fingerprint density at radius 2 is 1.97 bits per heavy atom. The van der Waals surface area contributed by atoms with E-state index in [0.717, 1.165) is 18.2 Å². The van der Waals surface area contributed by atoms with Crippen LogP contribution in [0.1, 0.15) is 16.8 Å². The second kappa shape index (κ2) is 8.86. The third-order valence-electron chi connectivity index (χ3n) is 5.39. The average Bonchev–Trinajstić information content (AvgIpc) is 3.25. The molecule has 2 aromatic heterocycles. The Labute approximate surface area is 183 Å². The van der Waals surface area contributed by atoms with Crippen LogP contribution in [0.5, 0.6) is 5.88 Å². The maximum atomic E-state index is 14.7. The molecule has 1 fully saturated rings. The van der Waals surface area contributed by atoms with Crippen LogP contribution in [0.4, 0.5) is 24.7 Å². The Morgan fingerprint density at radius 1 is 1.16 bits per heavy atom. The van der Waals surface area contributed by atoms with E-state index in [0.29, 0.717) is 24.7 Å². The number of carbonyl (C=O) groups excluding carboxylic acids is 1. The molecule has 0 radical (unpaired) electrons. The molecule has 0 saturated carbocycles. The van der Waals surface area contributed by atoms with Crippen LogP contribution >= 0.6 is 0 Å². The van der Waals surface area contributed by atoms with Gasteiger partial charge in [0.1, 0.15) is 17.8 Å². The van der Waals surface area contributed by atoms with Gasteiger partial charge in [-0.15, -0.1) is 0 Å². The van der Waals surface area contributed by atoms with E-state index >= 15 is 0 Å². The summed E-state index contributed by atoms with van der Waals surface area (Å²) in [5.41, 5.74) is 0.768. The molecule has 1 aromatic carbocycles. The molecule has 6 nitrogen and oxygen atoms in total. The van der Waals surface area contributed by atoms with Crippen molar-refractivity contribution >= 4 is 17.4 Å². The zero-order chi connectivity index (χ0) is 22.8. The SMILES string of the molecule is COc1ccc(C(=O)N(C)c2c(-c3cc(F)ccc3F)ccnc2N2CC[C@H](F)C2)cn1. The zero-order valence-electron chi connectivity index (χ0n) is 17.6. The molecule has 0 spiro atoms. The second-order valence-electron chi connectivity index (χ2n) is 7.44. The minimum atomic E-state index is -1.04. The summed E-state index contributed by atoms with van der Waals surface area (Å²) < 4.78 is 47.6. The van der Waals surface area contributed by atoms with E-state index in [1.54, 1.807) is 17.0 Å². The van der Waals surface area contributed by atoms with E-state index in [4.69, 9.17) is 4.74 Å². The molecule has 0 unspecified atom stereocenters. The lowest BCUT2D eigenvalue weighted by atomic mass is 10.0. The number of anilines is 2. The van der Waals surface area contributed by atoms with Gasteiger partial charge in [-0.25, -0.2) is 23.1 Å². The number of alkyl halides is 1. The van der Waals surface area contributed by atoms with Gasteiger partial charge in [0, 0.05) is 43.2 Å². The second-order valence-corrected chi connectivity index (χ2v) is 7.44. The van der Waals surface area contributed by atoms with E-state index in [-0.39, 0.29) is 28.9 Å². The number of aromatic nitrogens is 2. The zero-order valence-corrected chi connectivity index (χ0v) is 17.6. The molecule has 4 rings (SSSR count). The van der Waals surface area contributed by atoms with Crippen molar-refractivity contribution in [2.45, 2.75) is 12.6 Å². The van der Waals surface area contributed by atoms with Gasteiger partial charge in [0.05, 0.1) is 24.9 Å². The summed E-state index contributed by atoms with van der Waals surface area (Å²) in [6.07, 6.45) is 2.09. The summed E-state index contributed by atoms with van der Waals surface area (Å²) in [6.45, 7) is 0.490. The molecule has 0 aliphatic carbocycles. The van der Waals surface area contributed by atoms with E-state index in [2.05, 4.69) is 9.97 Å². The quantitative estimate of drug-likeness (QED) is 0.591. The molecular weight excluding hydrogens is 421 g/mol. The van der Waals surface area contributed by atoms with E-state index < -0.39 is 23.7 Å². The first-order valence-electron chi connectivity index (χ1n) is 10.0. The van der Waals surface area contributed by atoms with Crippen molar-refractivity contribution in [3.8, 4) is 17.0 Å². The minimum absolute atomic E-state index is 0.0212. The van der Waals surface area contributed by atoms with Gasteiger partial charge in [0.2, 0.25) is 5.88 Å². The summed E-state index contributed by atoms with van der Waals surface area (Å²) in [6, 6.07) is 7.72. The number of rotatable bonds is 5. The Hall–Kier alpha value is -3.62. The van der Waals surface area contributed by atoms with Gasteiger partial charge in [0.25, 0.3) is 5.91 Å². The van der Waals surface area contributed by atoms with Crippen molar-refractivity contribution in [3.05, 3.63) is 66.0 Å². The third kappa shape index (κ3) is 4.10. The molecule has 1 aliphatic rings. The van der Waals surface area contributed by atoms with Crippen LogP contribution in [0.15, 0.2) is 48.8 Å². The number of carbonyl (C=O) groups is 1. The predicted octanol–water partition coefficient (Wildman–Crippen LogP) is 4.26. The summed E-state index contributed by atoms with van der Waals surface area (Å²) in [4.78, 5) is 24.7. The number of nitrogens with zero attached hydrogens (tertiary/aromatic N) is 4. The summed E-state index contributed by atoms with van der Waals surface area (Å²) in [5.74, 6) is -1.04. The fourth-order valence-corrected chi connectivity index (χ4v) is 3.76. The Kier molecular flexibility index (Phi) is 5.98. The largest absolute Gasteiger partial charge is 0.481 e. The number of amides is 1. The lowest BCUT2D eigenvalue weighted by Crippen LogP contribution is -2.31. The summed E-state index contributed by atoms with van der Waals surface area (Å²) in [7, 11) is 2.97. The van der Waals surface area contributed by atoms with E-state index in [1.165, 1.54) is 37.5 Å². The number of methoxy groups -OCH3 is 1. The molecule has 9 heteroatoms. The first kappa shape index (κ1) is 21.6. The highest BCUT2D eigenvalue weighted by Crippen LogP contribution is 2.40. The van der Waals surface area contributed by atoms with Gasteiger partial charge in [-0.1, -0.05) is 0 Å². The van der Waals surface area contributed by atoms with Gasteiger partial charge >= 0.3 is 0 Å². The average molecular weight is 442 g/mol. The predicted molar refractivity (Wildman–Crippen MR) is 115 cm³/mol. The molecule has 0 bridgehead atoms. The van der Waals surface area contributed by atoms with Crippen LogP contribution in [-0.4, -0.2) is 49.3 Å².